The third kappa shape index (κ3) is 6.01. The van der Waals surface area contributed by atoms with Crippen LogP contribution in [0.5, 0.6) is 0 Å². The fourth-order valence-electron chi connectivity index (χ4n) is 2.45. The highest BCUT2D eigenvalue weighted by atomic mass is 35.5. The molecule has 0 aliphatic rings. The Kier molecular flexibility index (Phi) is 7.91. The molecule has 1 atom stereocenters. The van der Waals surface area contributed by atoms with Crippen LogP contribution in [0.25, 0.3) is 0 Å². The van der Waals surface area contributed by atoms with E-state index in [2.05, 4.69) is 10.6 Å². The van der Waals surface area contributed by atoms with Gasteiger partial charge in [-0.15, -0.1) is 0 Å². The molecule has 28 heavy (non-hydrogen) atoms. The monoisotopic (exact) mass is 425 g/mol. The van der Waals surface area contributed by atoms with Crippen molar-refractivity contribution in [1.29, 1.82) is 0 Å². The molecule has 0 aliphatic heterocycles. The molecule has 0 fully saturated rings. The summed E-state index contributed by atoms with van der Waals surface area (Å²) in [6.07, 6.45) is 1.58. The number of nitro benzene ring substituents is 1. The Morgan fingerprint density at radius 2 is 2.00 bits per heavy atom. The van der Waals surface area contributed by atoms with E-state index >= 15 is 0 Å². The van der Waals surface area contributed by atoms with Crippen LogP contribution in [0.3, 0.4) is 0 Å². The van der Waals surface area contributed by atoms with Crippen LogP contribution in [0, 0.1) is 10.1 Å². The second kappa shape index (κ2) is 10.2. The van der Waals surface area contributed by atoms with E-state index in [0.29, 0.717) is 35.3 Å². The van der Waals surface area contributed by atoms with E-state index in [9.17, 15) is 19.1 Å². The molecule has 2 rings (SSSR count). The summed E-state index contributed by atoms with van der Waals surface area (Å²) in [7, 11) is 0.488. The number of benzene rings is 2. The van der Waals surface area contributed by atoms with Gasteiger partial charge in [0, 0.05) is 48.1 Å². The maximum atomic E-state index is 12.6. The van der Waals surface area contributed by atoms with Crippen LogP contribution >= 0.6 is 11.6 Å². The summed E-state index contributed by atoms with van der Waals surface area (Å²) < 4.78 is 16.3. The summed E-state index contributed by atoms with van der Waals surface area (Å²) in [5.74, 6) is -0.212. The van der Waals surface area contributed by atoms with E-state index in [-0.39, 0.29) is 11.3 Å². The molecule has 0 spiro atoms. The Bertz CT molecular complexity index is 907. The molecule has 0 aliphatic carbocycles. The van der Waals surface area contributed by atoms with Gasteiger partial charge in [0.2, 0.25) is 0 Å². The molecule has 2 aromatic rings. The van der Waals surface area contributed by atoms with E-state index in [0.717, 1.165) is 5.56 Å². The number of rotatable bonds is 9. The van der Waals surface area contributed by atoms with Crippen molar-refractivity contribution in [1.82, 2.24) is 0 Å². The molecule has 0 saturated heterocycles. The zero-order chi connectivity index (χ0) is 20.7. The molecular formula is C18H20ClN3O5S. The first-order valence-electron chi connectivity index (χ1n) is 8.23. The number of methoxy groups -OCH3 is 1. The van der Waals surface area contributed by atoms with Crippen LogP contribution in [-0.4, -0.2) is 41.6 Å². The third-order valence-corrected chi connectivity index (χ3v) is 4.80. The fraction of sp³-hybridized carbons (Fsp3) is 0.278. The van der Waals surface area contributed by atoms with Gasteiger partial charge in [0.15, 0.2) is 0 Å². The average Bonchev–Trinajstić information content (AvgIpc) is 2.64. The number of hydrogen-bond donors (Lipinski definition) is 2. The number of amides is 1. The van der Waals surface area contributed by atoms with Gasteiger partial charge in [-0.1, -0.05) is 17.7 Å². The predicted molar refractivity (Wildman–Crippen MR) is 111 cm³/mol. The fourth-order valence-corrected chi connectivity index (χ4v) is 3.26. The van der Waals surface area contributed by atoms with Crippen molar-refractivity contribution in [2.45, 2.75) is 5.75 Å². The molecule has 2 N–H and O–H groups in total. The largest absolute Gasteiger partial charge is 0.383 e. The first kappa shape index (κ1) is 21.8. The summed E-state index contributed by atoms with van der Waals surface area (Å²) in [6, 6.07) is 9.12. The molecule has 0 heterocycles. The molecule has 2 aromatic carbocycles. The molecular weight excluding hydrogens is 406 g/mol. The predicted octanol–water partition coefficient (Wildman–Crippen LogP) is 3.44. The van der Waals surface area contributed by atoms with E-state index in [1.54, 1.807) is 24.5 Å². The maximum absolute atomic E-state index is 12.6. The van der Waals surface area contributed by atoms with Gasteiger partial charge in [-0.3, -0.25) is 19.1 Å². The van der Waals surface area contributed by atoms with E-state index in [1.807, 2.05) is 0 Å². The zero-order valence-corrected chi connectivity index (χ0v) is 16.9. The molecule has 1 amide bonds. The summed E-state index contributed by atoms with van der Waals surface area (Å²) in [4.78, 5) is 23.3. The van der Waals surface area contributed by atoms with Crippen molar-refractivity contribution in [2.24, 2.45) is 0 Å². The topological polar surface area (TPSA) is 111 Å². The Morgan fingerprint density at radius 1 is 1.25 bits per heavy atom. The van der Waals surface area contributed by atoms with Gasteiger partial charge in [0.25, 0.3) is 11.6 Å². The van der Waals surface area contributed by atoms with Crippen LogP contribution in [0.4, 0.5) is 17.1 Å². The van der Waals surface area contributed by atoms with Gasteiger partial charge in [0.05, 0.1) is 22.2 Å². The van der Waals surface area contributed by atoms with E-state index in [4.69, 9.17) is 16.3 Å². The lowest BCUT2D eigenvalue weighted by atomic mass is 10.1. The third-order valence-electron chi connectivity index (χ3n) is 3.73. The quantitative estimate of drug-likeness (QED) is 0.361. The number of anilines is 2. The lowest BCUT2D eigenvalue weighted by Gasteiger charge is -2.11. The highest BCUT2D eigenvalue weighted by Crippen LogP contribution is 2.28. The zero-order valence-electron chi connectivity index (χ0n) is 15.4. The normalized spacial score (nSPS) is 11.7. The SMILES string of the molecule is COCCNc1ccc(C(=O)Nc2cc(CS(C)=O)ccc2Cl)cc1[N+](=O)[O-]. The number of halogens is 1. The molecule has 1 unspecified atom stereocenters. The number of ether oxygens (including phenoxy) is 1. The highest BCUT2D eigenvalue weighted by Gasteiger charge is 2.18. The Balaban J connectivity index is 2.23. The molecule has 10 heteroatoms. The number of nitrogens with zero attached hydrogens (tertiary/aromatic N) is 1. The Morgan fingerprint density at radius 3 is 2.64 bits per heavy atom. The van der Waals surface area contributed by atoms with Crippen LogP contribution in [0.2, 0.25) is 5.02 Å². The van der Waals surface area contributed by atoms with Crippen molar-refractivity contribution >= 4 is 45.4 Å². The minimum Gasteiger partial charge on any atom is -0.383 e. The van der Waals surface area contributed by atoms with Crippen LogP contribution in [0.1, 0.15) is 15.9 Å². The summed E-state index contributed by atoms with van der Waals surface area (Å²) in [5, 5.41) is 17.2. The molecule has 0 saturated carbocycles. The van der Waals surface area contributed by atoms with Crippen molar-refractivity contribution in [3.63, 3.8) is 0 Å². The van der Waals surface area contributed by atoms with E-state index < -0.39 is 21.6 Å². The number of carbonyl (C=O) groups is 1. The van der Waals surface area contributed by atoms with Crippen molar-refractivity contribution < 1.29 is 18.7 Å². The maximum Gasteiger partial charge on any atom is 0.293 e. The Labute approximate surface area is 169 Å². The van der Waals surface area contributed by atoms with Gasteiger partial charge in [-0.2, -0.15) is 0 Å². The first-order valence-corrected chi connectivity index (χ1v) is 10.3. The standard InChI is InChI=1S/C18H20ClN3O5S/c1-27-8-7-20-15-6-4-13(10-17(15)22(24)25)18(23)21-16-9-12(11-28(2)26)3-5-14(16)19/h3-6,9-10,20H,7-8,11H2,1-2H3,(H,21,23). The van der Waals surface area contributed by atoms with Gasteiger partial charge in [-0.05, 0) is 29.8 Å². The molecule has 0 radical (unpaired) electrons. The summed E-state index contributed by atoms with van der Waals surface area (Å²) in [6.45, 7) is 0.779. The Hall–Kier alpha value is -2.49. The minimum absolute atomic E-state index is 0.115. The first-order chi connectivity index (χ1) is 13.3. The summed E-state index contributed by atoms with van der Waals surface area (Å²) in [5.41, 5.74) is 1.29. The van der Waals surface area contributed by atoms with Gasteiger partial charge >= 0.3 is 0 Å². The van der Waals surface area contributed by atoms with E-state index in [1.165, 1.54) is 25.3 Å². The molecule has 150 valence electrons. The van der Waals surface area contributed by atoms with Gasteiger partial charge < -0.3 is 15.4 Å². The van der Waals surface area contributed by atoms with Crippen molar-refractivity contribution in [2.75, 3.05) is 37.2 Å². The summed E-state index contributed by atoms with van der Waals surface area (Å²) >= 11 is 6.12. The second-order valence-corrected chi connectivity index (χ2v) is 7.74. The number of nitrogens with one attached hydrogen (secondary N) is 2. The number of nitro groups is 1. The lowest BCUT2D eigenvalue weighted by Crippen LogP contribution is -2.14. The van der Waals surface area contributed by atoms with Crippen molar-refractivity contribution in [3.05, 3.63) is 62.7 Å². The van der Waals surface area contributed by atoms with Crippen LogP contribution < -0.4 is 10.6 Å². The smallest absolute Gasteiger partial charge is 0.293 e. The second-order valence-electron chi connectivity index (χ2n) is 5.89. The number of hydrogen-bond acceptors (Lipinski definition) is 6. The molecule has 8 nitrogen and oxygen atoms in total. The average molecular weight is 426 g/mol. The van der Waals surface area contributed by atoms with Gasteiger partial charge in [0.1, 0.15) is 5.69 Å². The van der Waals surface area contributed by atoms with Gasteiger partial charge in [-0.25, -0.2) is 0 Å². The van der Waals surface area contributed by atoms with Crippen LogP contribution in [-0.2, 0) is 21.3 Å². The van der Waals surface area contributed by atoms with Crippen LogP contribution in [0.15, 0.2) is 36.4 Å². The highest BCUT2D eigenvalue weighted by molar-refractivity contribution is 7.83. The molecule has 0 bridgehead atoms. The minimum atomic E-state index is -1.04. The van der Waals surface area contributed by atoms with Crippen molar-refractivity contribution in [3.8, 4) is 0 Å². The lowest BCUT2D eigenvalue weighted by molar-refractivity contribution is -0.384. The molecule has 0 aromatic heterocycles. The number of carbonyl (C=O) groups excluding carboxylic acids is 1.